The first-order chi connectivity index (χ1) is 8.26. The maximum atomic E-state index is 6.08. The Balaban J connectivity index is 2.22. The lowest BCUT2D eigenvalue weighted by Crippen LogP contribution is -2.41. The molecule has 0 aromatic rings. The van der Waals surface area contributed by atoms with E-state index in [1.165, 1.54) is 18.4 Å². The molecule has 3 heteroatoms. The second kappa shape index (κ2) is 6.69. The van der Waals surface area contributed by atoms with E-state index in [-0.39, 0.29) is 5.54 Å². The number of likely N-dealkylation sites (N-methyl/N-ethyl adjacent to an activating group) is 1. The van der Waals surface area contributed by atoms with Crippen LogP contribution in [0.1, 0.15) is 40.5 Å². The van der Waals surface area contributed by atoms with Crippen LogP contribution in [0.25, 0.3) is 0 Å². The van der Waals surface area contributed by atoms with Gasteiger partial charge in [0.2, 0.25) is 0 Å². The molecule has 1 fully saturated rings. The molecule has 0 radical (unpaired) electrons. The third-order valence-electron chi connectivity index (χ3n) is 3.11. The predicted molar refractivity (Wildman–Crippen MR) is 78.0 cm³/mol. The van der Waals surface area contributed by atoms with Crippen molar-refractivity contribution in [3.8, 4) is 0 Å². The minimum Gasteiger partial charge on any atom is -0.372 e. The number of hydrogen-bond donors (Lipinski definition) is 1. The molecule has 2 unspecified atom stereocenters. The maximum absolute atomic E-state index is 6.08. The van der Waals surface area contributed by atoms with E-state index in [1.54, 1.807) is 0 Å². The van der Waals surface area contributed by atoms with Gasteiger partial charge in [0.05, 0.1) is 12.2 Å². The third-order valence-corrected chi connectivity index (χ3v) is 3.11. The summed E-state index contributed by atoms with van der Waals surface area (Å²) in [5, 5.41) is 3.52. The summed E-state index contributed by atoms with van der Waals surface area (Å²) in [5.74, 6) is 0. The number of rotatable bonds is 6. The Morgan fingerprint density at radius 1 is 1.33 bits per heavy atom. The summed E-state index contributed by atoms with van der Waals surface area (Å²) < 4.78 is 6.08. The van der Waals surface area contributed by atoms with Crippen LogP contribution in [-0.4, -0.2) is 49.3 Å². The Kier molecular flexibility index (Phi) is 5.83. The fourth-order valence-electron chi connectivity index (χ4n) is 2.36. The molecule has 0 aromatic heterocycles. The van der Waals surface area contributed by atoms with Crippen molar-refractivity contribution in [1.29, 1.82) is 0 Å². The summed E-state index contributed by atoms with van der Waals surface area (Å²) in [6.07, 6.45) is 3.12. The van der Waals surface area contributed by atoms with Crippen molar-refractivity contribution in [2.24, 2.45) is 0 Å². The van der Waals surface area contributed by atoms with E-state index in [9.17, 15) is 0 Å². The number of hydrogen-bond acceptors (Lipinski definition) is 3. The monoisotopic (exact) mass is 254 g/mol. The average Bonchev–Trinajstić information content (AvgIpc) is 2.60. The van der Waals surface area contributed by atoms with Crippen molar-refractivity contribution in [2.75, 3.05) is 26.7 Å². The molecule has 1 aliphatic rings. The molecule has 106 valence electrons. The van der Waals surface area contributed by atoms with Gasteiger partial charge >= 0.3 is 0 Å². The Labute approximate surface area is 113 Å². The Morgan fingerprint density at radius 3 is 2.50 bits per heavy atom. The molecule has 0 aromatic carbocycles. The van der Waals surface area contributed by atoms with Crippen LogP contribution in [0.5, 0.6) is 0 Å². The van der Waals surface area contributed by atoms with E-state index < -0.39 is 0 Å². The zero-order chi connectivity index (χ0) is 13.8. The van der Waals surface area contributed by atoms with Gasteiger partial charge in [-0.15, -0.1) is 0 Å². The Bertz CT molecular complexity index is 270. The SMILES string of the molecule is C=C(C)CN(C)CC1CCC(CNC(C)(C)C)O1. The highest BCUT2D eigenvalue weighted by Crippen LogP contribution is 2.20. The van der Waals surface area contributed by atoms with Crippen molar-refractivity contribution >= 4 is 0 Å². The molecule has 1 heterocycles. The second-order valence-electron chi connectivity index (χ2n) is 6.74. The van der Waals surface area contributed by atoms with E-state index in [2.05, 4.69) is 51.5 Å². The summed E-state index contributed by atoms with van der Waals surface area (Å²) in [7, 11) is 2.14. The topological polar surface area (TPSA) is 24.5 Å². The number of nitrogens with one attached hydrogen (secondary N) is 1. The van der Waals surface area contributed by atoms with Crippen molar-refractivity contribution in [1.82, 2.24) is 10.2 Å². The molecule has 18 heavy (non-hydrogen) atoms. The van der Waals surface area contributed by atoms with Gasteiger partial charge < -0.3 is 10.1 Å². The maximum Gasteiger partial charge on any atom is 0.0707 e. The zero-order valence-corrected chi connectivity index (χ0v) is 12.8. The highest BCUT2D eigenvalue weighted by molar-refractivity contribution is 4.92. The molecule has 2 atom stereocenters. The van der Waals surface area contributed by atoms with Gasteiger partial charge in [-0.05, 0) is 47.6 Å². The molecule has 1 saturated heterocycles. The van der Waals surface area contributed by atoms with Gasteiger partial charge in [-0.25, -0.2) is 0 Å². The van der Waals surface area contributed by atoms with Crippen molar-refractivity contribution in [3.63, 3.8) is 0 Å². The highest BCUT2D eigenvalue weighted by Gasteiger charge is 2.26. The molecule has 0 bridgehead atoms. The quantitative estimate of drug-likeness (QED) is 0.737. The average molecular weight is 254 g/mol. The molecule has 1 rings (SSSR count). The van der Waals surface area contributed by atoms with Gasteiger partial charge in [0, 0.05) is 25.2 Å². The fraction of sp³-hybridized carbons (Fsp3) is 0.867. The van der Waals surface area contributed by atoms with E-state index in [0.29, 0.717) is 12.2 Å². The van der Waals surface area contributed by atoms with Crippen molar-refractivity contribution in [2.45, 2.75) is 58.3 Å². The smallest absolute Gasteiger partial charge is 0.0707 e. The first-order valence-corrected chi connectivity index (χ1v) is 6.99. The summed E-state index contributed by atoms with van der Waals surface area (Å²) in [6.45, 7) is 15.5. The summed E-state index contributed by atoms with van der Waals surface area (Å²) >= 11 is 0. The molecule has 1 N–H and O–H groups in total. The minimum atomic E-state index is 0.179. The van der Waals surface area contributed by atoms with E-state index in [0.717, 1.165) is 19.6 Å². The molecule has 0 amide bonds. The van der Waals surface area contributed by atoms with Crippen LogP contribution in [0, 0.1) is 0 Å². The van der Waals surface area contributed by atoms with Gasteiger partial charge in [0.1, 0.15) is 0 Å². The summed E-state index contributed by atoms with van der Waals surface area (Å²) in [5.41, 5.74) is 1.39. The first kappa shape index (κ1) is 15.7. The molecular formula is C15H30N2O. The molecule has 0 saturated carbocycles. The van der Waals surface area contributed by atoms with Crippen LogP contribution in [0.3, 0.4) is 0 Å². The van der Waals surface area contributed by atoms with Crippen LogP contribution in [0.4, 0.5) is 0 Å². The van der Waals surface area contributed by atoms with Crippen molar-refractivity contribution < 1.29 is 4.74 Å². The van der Waals surface area contributed by atoms with Crippen LogP contribution in [0.2, 0.25) is 0 Å². The Morgan fingerprint density at radius 2 is 1.94 bits per heavy atom. The minimum absolute atomic E-state index is 0.179. The Hall–Kier alpha value is -0.380. The standard InChI is InChI=1S/C15H30N2O/c1-12(2)10-17(6)11-14-8-7-13(18-14)9-16-15(3,4)5/h13-14,16H,1,7-11H2,2-6H3. The van der Waals surface area contributed by atoms with E-state index in [4.69, 9.17) is 4.74 Å². The van der Waals surface area contributed by atoms with Crippen LogP contribution >= 0.6 is 0 Å². The second-order valence-corrected chi connectivity index (χ2v) is 6.74. The molecule has 3 nitrogen and oxygen atoms in total. The van der Waals surface area contributed by atoms with Gasteiger partial charge in [-0.1, -0.05) is 12.2 Å². The van der Waals surface area contributed by atoms with Crippen LogP contribution < -0.4 is 5.32 Å². The molecule has 1 aliphatic heterocycles. The largest absolute Gasteiger partial charge is 0.372 e. The van der Waals surface area contributed by atoms with Gasteiger partial charge in [-0.2, -0.15) is 0 Å². The molecule has 0 aliphatic carbocycles. The van der Waals surface area contributed by atoms with E-state index in [1.807, 2.05) is 0 Å². The summed E-state index contributed by atoms with van der Waals surface area (Å²) in [6, 6.07) is 0. The van der Waals surface area contributed by atoms with Gasteiger partial charge in [-0.3, -0.25) is 4.90 Å². The van der Waals surface area contributed by atoms with E-state index >= 15 is 0 Å². The van der Waals surface area contributed by atoms with Crippen LogP contribution in [0.15, 0.2) is 12.2 Å². The third kappa shape index (κ3) is 6.53. The zero-order valence-electron chi connectivity index (χ0n) is 12.8. The number of nitrogens with zero attached hydrogens (tertiary/aromatic N) is 1. The van der Waals surface area contributed by atoms with Crippen molar-refractivity contribution in [3.05, 3.63) is 12.2 Å². The highest BCUT2D eigenvalue weighted by atomic mass is 16.5. The normalized spacial score (nSPS) is 24.8. The lowest BCUT2D eigenvalue weighted by molar-refractivity contribution is 0.0266. The van der Waals surface area contributed by atoms with Crippen LogP contribution in [-0.2, 0) is 4.74 Å². The lowest BCUT2D eigenvalue weighted by atomic mass is 10.1. The number of ether oxygens (including phenoxy) is 1. The molecular weight excluding hydrogens is 224 g/mol. The predicted octanol–water partition coefficient (Wildman–Crippen LogP) is 2.43. The van der Waals surface area contributed by atoms with Gasteiger partial charge in [0.15, 0.2) is 0 Å². The first-order valence-electron chi connectivity index (χ1n) is 6.99. The van der Waals surface area contributed by atoms with Gasteiger partial charge in [0.25, 0.3) is 0 Å². The lowest BCUT2D eigenvalue weighted by Gasteiger charge is -2.24. The fourth-order valence-corrected chi connectivity index (χ4v) is 2.36. The summed E-state index contributed by atoms with van der Waals surface area (Å²) in [4.78, 5) is 2.30. The molecule has 0 spiro atoms.